The summed E-state index contributed by atoms with van der Waals surface area (Å²) in [7, 11) is 0. The Balaban J connectivity index is 2.13. The lowest BCUT2D eigenvalue weighted by Gasteiger charge is -2.44. The second-order valence-electron chi connectivity index (χ2n) is 5.74. The minimum Gasteiger partial charge on any atom is -0.311 e. The van der Waals surface area contributed by atoms with Gasteiger partial charge in [-0.15, -0.1) is 11.3 Å². The highest BCUT2D eigenvalue weighted by molar-refractivity contribution is 7.10. The van der Waals surface area contributed by atoms with Crippen molar-refractivity contribution in [1.82, 2.24) is 10.2 Å². The molecule has 0 amide bonds. The Hall–Kier alpha value is -0.380. The Labute approximate surface area is 115 Å². The van der Waals surface area contributed by atoms with Gasteiger partial charge in [0.2, 0.25) is 0 Å². The number of hydrogen-bond donors (Lipinski definition) is 1. The average Bonchev–Trinajstić information content (AvgIpc) is 2.86. The third kappa shape index (κ3) is 2.95. The Bertz CT molecular complexity index is 347. The van der Waals surface area contributed by atoms with E-state index < -0.39 is 0 Å². The van der Waals surface area contributed by atoms with E-state index in [0.29, 0.717) is 24.0 Å². The minimum atomic E-state index is 0.600. The number of nitrogens with one attached hydrogen (secondary N) is 1. The zero-order valence-corrected chi connectivity index (χ0v) is 12.8. The summed E-state index contributed by atoms with van der Waals surface area (Å²) < 4.78 is 0. The molecule has 0 saturated carbocycles. The molecule has 2 nitrogen and oxygen atoms in total. The van der Waals surface area contributed by atoms with Crippen molar-refractivity contribution in [2.75, 3.05) is 13.1 Å². The van der Waals surface area contributed by atoms with Crippen molar-refractivity contribution < 1.29 is 0 Å². The van der Waals surface area contributed by atoms with Crippen LogP contribution in [0.1, 0.15) is 45.0 Å². The van der Waals surface area contributed by atoms with Crippen LogP contribution in [0.2, 0.25) is 0 Å². The third-order valence-corrected chi connectivity index (χ3v) is 5.09. The van der Waals surface area contributed by atoms with Crippen molar-refractivity contribution in [3.05, 3.63) is 22.4 Å². The van der Waals surface area contributed by atoms with Crippen molar-refractivity contribution in [2.24, 2.45) is 5.92 Å². The molecule has 0 spiro atoms. The van der Waals surface area contributed by atoms with Crippen molar-refractivity contribution in [3.63, 3.8) is 0 Å². The van der Waals surface area contributed by atoms with Crippen LogP contribution in [0.4, 0.5) is 0 Å². The van der Waals surface area contributed by atoms with Gasteiger partial charge in [-0.25, -0.2) is 0 Å². The van der Waals surface area contributed by atoms with E-state index >= 15 is 0 Å². The van der Waals surface area contributed by atoms with Crippen LogP contribution in [0, 0.1) is 5.92 Å². The highest BCUT2D eigenvalue weighted by Crippen LogP contribution is 2.31. The molecule has 3 heteroatoms. The first-order chi connectivity index (χ1) is 8.63. The van der Waals surface area contributed by atoms with Crippen LogP contribution in [-0.4, -0.2) is 30.1 Å². The molecule has 18 heavy (non-hydrogen) atoms. The van der Waals surface area contributed by atoms with Gasteiger partial charge < -0.3 is 5.32 Å². The molecular formula is C15H26N2S. The van der Waals surface area contributed by atoms with Gasteiger partial charge in [-0.05, 0) is 30.7 Å². The molecule has 102 valence electrons. The number of piperazine rings is 1. The Morgan fingerprint density at radius 3 is 2.83 bits per heavy atom. The van der Waals surface area contributed by atoms with Gasteiger partial charge in [-0.1, -0.05) is 26.8 Å². The summed E-state index contributed by atoms with van der Waals surface area (Å²) in [5.74, 6) is 0.709. The number of nitrogens with zero attached hydrogens (tertiary/aromatic N) is 1. The van der Waals surface area contributed by atoms with Crippen LogP contribution in [-0.2, 0) is 0 Å². The maximum Gasteiger partial charge on any atom is 0.0442 e. The van der Waals surface area contributed by atoms with Gasteiger partial charge in [0.15, 0.2) is 0 Å². The molecule has 0 radical (unpaired) electrons. The van der Waals surface area contributed by atoms with E-state index in [9.17, 15) is 0 Å². The van der Waals surface area contributed by atoms with E-state index in [1.807, 2.05) is 11.3 Å². The van der Waals surface area contributed by atoms with Crippen molar-refractivity contribution in [3.8, 4) is 0 Å². The normalized spacial score (nSPS) is 27.6. The molecule has 3 unspecified atom stereocenters. The van der Waals surface area contributed by atoms with Crippen LogP contribution in [0.25, 0.3) is 0 Å². The SMILES string of the molecule is CCC(c1cccs1)N1CC(C(C)C)NCC1C. The molecule has 3 atom stereocenters. The van der Waals surface area contributed by atoms with E-state index in [4.69, 9.17) is 0 Å². The zero-order chi connectivity index (χ0) is 13.1. The summed E-state index contributed by atoms with van der Waals surface area (Å²) in [6.07, 6.45) is 1.20. The summed E-state index contributed by atoms with van der Waals surface area (Å²) in [6.45, 7) is 11.6. The van der Waals surface area contributed by atoms with Crippen LogP contribution >= 0.6 is 11.3 Å². The Kier molecular flexibility index (Phi) is 4.82. The van der Waals surface area contributed by atoms with Crippen molar-refractivity contribution >= 4 is 11.3 Å². The smallest absolute Gasteiger partial charge is 0.0442 e. The standard InChI is InChI=1S/C15H26N2S/c1-5-14(15-7-6-8-18-15)17-10-13(11(2)3)16-9-12(17)4/h6-8,11-14,16H,5,9-10H2,1-4H3. The quantitative estimate of drug-likeness (QED) is 0.897. The molecule has 0 bridgehead atoms. The van der Waals surface area contributed by atoms with Gasteiger partial charge in [0.05, 0.1) is 0 Å². The second kappa shape index (κ2) is 6.18. The Morgan fingerprint density at radius 1 is 1.50 bits per heavy atom. The first-order valence-corrected chi connectivity index (χ1v) is 8.04. The van der Waals surface area contributed by atoms with Gasteiger partial charge in [0.1, 0.15) is 0 Å². The van der Waals surface area contributed by atoms with E-state index in [1.165, 1.54) is 17.8 Å². The van der Waals surface area contributed by atoms with Gasteiger partial charge in [-0.3, -0.25) is 4.90 Å². The third-order valence-electron chi connectivity index (χ3n) is 4.11. The summed E-state index contributed by atoms with van der Waals surface area (Å²) in [5, 5.41) is 5.88. The molecule has 1 aliphatic rings. The minimum absolute atomic E-state index is 0.600. The van der Waals surface area contributed by atoms with Gasteiger partial charge in [-0.2, -0.15) is 0 Å². The zero-order valence-electron chi connectivity index (χ0n) is 12.0. The summed E-state index contributed by atoms with van der Waals surface area (Å²) in [4.78, 5) is 4.22. The lowest BCUT2D eigenvalue weighted by atomic mass is 9.97. The van der Waals surface area contributed by atoms with Crippen molar-refractivity contribution in [2.45, 2.75) is 52.2 Å². The summed E-state index contributed by atoms with van der Waals surface area (Å²) in [6, 6.07) is 6.33. The molecule has 0 aliphatic carbocycles. The molecule has 0 aromatic carbocycles. The largest absolute Gasteiger partial charge is 0.311 e. The summed E-state index contributed by atoms with van der Waals surface area (Å²) in [5.41, 5.74) is 0. The molecule has 2 rings (SSSR count). The highest BCUT2D eigenvalue weighted by Gasteiger charge is 2.31. The van der Waals surface area contributed by atoms with E-state index in [0.717, 1.165) is 6.54 Å². The fourth-order valence-corrected chi connectivity index (χ4v) is 3.80. The molecule has 1 aliphatic heterocycles. The van der Waals surface area contributed by atoms with Gasteiger partial charge in [0, 0.05) is 36.1 Å². The van der Waals surface area contributed by atoms with E-state index in [2.05, 4.69) is 55.4 Å². The predicted molar refractivity (Wildman–Crippen MR) is 80.1 cm³/mol. The monoisotopic (exact) mass is 266 g/mol. The number of thiophene rings is 1. The predicted octanol–water partition coefficient (Wildman–Crippen LogP) is 3.52. The lowest BCUT2D eigenvalue weighted by Crippen LogP contribution is -2.57. The first-order valence-electron chi connectivity index (χ1n) is 7.16. The van der Waals surface area contributed by atoms with Gasteiger partial charge >= 0.3 is 0 Å². The maximum absolute atomic E-state index is 3.68. The molecular weight excluding hydrogens is 240 g/mol. The van der Waals surface area contributed by atoms with Crippen LogP contribution < -0.4 is 5.32 Å². The molecule has 1 fully saturated rings. The van der Waals surface area contributed by atoms with Crippen LogP contribution in [0.15, 0.2) is 17.5 Å². The first kappa shape index (κ1) is 14.0. The Morgan fingerprint density at radius 2 is 2.28 bits per heavy atom. The van der Waals surface area contributed by atoms with Crippen LogP contribution in [0.3, 0.4) is 0 Å². The van der Waals surface area contributed by atoms with E-state index in [1.54, 1.807) is 0 Å². The lowest BCUT2D eigenvalue weighted by molar-refractivity contribution is 0.0769. The van der Waals surface area contributed by atoms with Crippen molar-refractivity contribution in [1.29, 1.82) is 0 Å². The molecule has 1 aromatic rings. The summed E-state index contributed by atoms with van der Waals surface area (Å²) >= 11 is 1.90. The molecule has 1 saturated heterocycles. The highest BCUT2D eigenvalue weighted by atomic mass is 32.1. The fourth-order valence-electron chi connectivity index (χ4n) is 2.87. The van der Waals surface area contributed by atoms with Crippen LogP contribution in [0.5, 0.6) is 0 Å². The topological polar surface area (TPSA) is 15.3 Å². The number of hydrogen-bond acceptors (Lipinski definition) is 3. The second-order valence-corrected chi connectivity index (χ2v) is 6.72. The molecule has 1 aromatic heterocycles. The molecule has 2 heterocycles. The average molecular weight is 266 g/mol. The van der Waals surface area contributed by atoms with E-state index in [-0.39, 0.29) is 0 Å². The maximum atomic E-state index is 3.68. The fraction of sp³-hybridized carbons (Fsp3) is 0.733. The molecule has 1 N–H and O–H groups in total. The number of rotatable bonds is 4. The van der Waals surface area contributed by atoms with Gasteiger partial charge in [0.25, 0.3) is 0 Å².